The minimum atomic E-state index is -0.805. The van der Waals surface area contributed by atoms with E-state index in [-0.39, 0.29) is 0 Å². The lowest BCUT2D eigenvalue weighted by Gasteiger charge is -2.19. The van der Waals surface area contributed by atoms with E-state index in [4.69, 9.17) is 9.47 Å². The summed E-state index contributed by atoms with van der Waals surface area (Å²) in [7, 11) is 3.21. The highest BCUT2D eigenvalue weighted by Crippen LogP contribution is 2.34. The van der Waals surface area contributed by atoms with Gasteiger partial charge in [-0.2, -0.15) is 0 Å². The number of nitrogens with one attached hydrogen (secondary N) is 1. The molecule has 0 aliphatic rings. The van der Waals surface area contributed by atoms with Gasteiger partial charge in [0.15, 0.2) is 11.5 Å². The lowest BCUT2D eigenvalue weighted by atomic mass is 10.1. The first-order valence-electron chi connectivity index (χ1n) is 6.41. The van der Waals surface area contributed by atoms with E-state index in [0.29, 0.717) is 23.9 Å². The number of aromatic nitrogens is 1. The summed E-state index contributed by atoms with van der Waals surface area (Å²) in [5.41, 5.74) is -0.805. The van der Waals surface area contributed by atoms with Gasteiger partial charge in [0.05, 0.1) is 19.8 Å². The number of benzene rings is 1. The summed E-state index contributed by atoms with van der Waals surface area (Å²) in [6.45, 7) is 3.90. The molecular weight excluding hydrogens is 256 g/mol. The number of methoxy groups -OCH3 is 2. The number of aliphatic hydroxyl groups is 1. The van der Waals surface area contributed by atoms with Crippen molar-refractivity contribution in [1.82, 2.24) is 4.98 Å². The maximum absolute atomic E-state index is 9.80. The van der Waals surface area contributed by atoms with Crippen molar-refractivity contribution in [2.75, 3.05) is 26.1 Å². The predicted octanol–water partition coefficient (Wildman–Crippen LogP) is 2.43. The third-order valence-corrected chi connectivity index (χ3v) is 2.96. The molecule has 0 bridgehead atoms. The van der Waals surface area contributed by atoms with Crippen LogP contribution < -0.4 is 14.8 Å². The summed E-state index contributed by atoms with van der Waals surface area (Å²) in [4.78, 5) is 4.32. The van der Waals surface area contributed by atoms with Gasteiger partial charge in [0.2, 0.25) is 0 Å². The molecule has 0 fully saturated rings. The van der Waals surface area contributed by atoms with Crippen molar-refractivity contribution in [2.45, 2.75) is 19.4 Å². The molecule has 0 amide bonds. The Balaban J connectivity index is 2.45. The van der Waals surface area contributed by atoms with E-state index in [1.807, 2.05) is 18.2 Å². The summed E-state index contributed by atoms with van der Waals surface area (Å²) in [5.74, 6) is 2.05. The van der Waals surface area contributed by atoms with Crippen LogP contribution in [0.2, 0.25) is 0 Å². The Kier molecular flexibility index (Phi) is 3.99. The molecule has 0 aliphatic heterocycles. The fraction of sp³-hybridized carbons (Fsp3) is 0.400. The maximum atomic E-state index is 9.80. The van der Waals surface area contributed by atoms with Gasteiger partial charge in [-0.15, -0.1) is 0 Å². The fourth-order valence-electron chi connectivity index (χ4n) is 1.94. The van der Waals surface area contributed by atoms with E-state index in [9.17, 15) is 5.11 Å². The van der Waals surface area contributed by atoms with E-state index in [0.717, 1.165) is 10.8 Å². The summed E-state index contributed by atoms with van der Waals surface area (Å²) >= 11 is 0. The van der Waals surface area contributed by atoms with Crippen LogP contribution in [0.15, 0.2) is 24.4 Å². The molecule has 2 rings (SSSR count). The molecular formula is C15H20N2O3. The van der Waals surface area contributed by atoms with E-state index in [1.165, 1.54) is 0 Å². The van der Waals surface area contributed by atoms with E-state index in [2.05, 4.69) is 10.3 Å². The first kappa shape index (κ1) is 14.4. The first-order valence-corrected chi connectivity index (χ1v) is 6.41. The molecule has 1 aromatic heterocycles. The number of rotatable bonds is 5. The third-order valence-electron chi connectivity index (χ3n) is 2.96. The second kappa shape index (κ2) is 5.54. The van der Waals surface area contributed by atoms with Gasteiger partial charge in [0, 0.05) is 18.1 Å². The Morgan fingerprint density at radius 1 is 1.20 bits per heavy atom. The van der Waals surface area contributed by atoms with Crippen LogP contribution in [0, 0.1) is 0 Å². The smallest absolute Gasteiger partial charge is 0.161 e. The quantitative estimate of drug-likeness (QED) is 0.878. The van der Waals surface area contributed by atoms with Crippen molar-refractivity contribution in [3.8, 4) is 11.5 Å². The van der Waals surface area contributed by atoms with Crippen molar-refractivity contribution in [2.24, 2.45) is 0 Å². The molecule has 5 heteroatoms. The van der Waals surface area contributed by atoms with Crippen LogP contribution in [0.25, 0.3) is 10.8 Å². The zero-order valence-electron chi connectivity index (χ0n) is 12.2. The van der Waals surface area contributed by atoms with Crippen LogP contribution in [0.4, 0.5) is 5.82 Å². The van der Waals surface area contributed by atoms with Crippen LogP contribution in [-0.2, 0) is 0 Å². The highest BCUT2D eigenvalue weighted by Gasteiger charge is 2.14. The number of hydrogen-bond acceptors (Lipinski definition) is 5. The normalized spacial score (nSPS) is 11.4. The second-order valence-corrected chi connectivity index (χ2v) is 5.25. The monoisotopic (exact) mass is 276 g/mol. The number of ether oxygens (including phenoxy) is 2. The van der Waals surface area contributed by atoms with Crippen molar-refractivity contribution in [1.29, 1.82) is 0 Å². The summed E-state index contributed by atoms with van der Waals surface area (Å²) in [5, 5.41) is 14.9. The Bertz CT molecular complexity index is 606. The third kappa shape index (κ3) is 3.11. The SMILES string of the molecule is COc1cc2ccnc(NCC(C)(C)O)c2cc1OC. The molecule has 0 spiro atoms. The molecule has 1 aromatic carbocycles. The van der Waals surface area contributed by atoms with Gasteiger partial charge in [-0.1, -0.05) is 0 Å². The molecule has 0 saturated carbocycles. The first-order chi connectivity index (χ1) is 9.44. The van der Waals surface area contributed by atoms with Gasteiger partial charge in [-0.25, -0.2) is 4.98 Å². The lowest BCUT2D eigenvalue weighted by Crippen LogP contribution is -2.29. The topological polar surface area (TPSA) is 63.6 Å². The molecule has 0 radical (unpaired) electrons. The highest BCUT2D eigenvalue weighted by molar-refractivity contribution is 5.94. The predicted molar refractivity (Wildman–Crippen MR) is 79.6 cm³/mol. The van der Waals surface area contributed by atoms with E-state index in [1.54, 1.807) is 34.3 Å². The minimum Gasteiger partial charge on any atom is -0.493 e. The molecule has 20 heavy (non-hydrogen) atoms. The number of pyridine rings is 1. The standard InChI is InChI=1S/C15H20N2O3/c1-15(2,18)9-17-14-11-8-13(20-4)12(19-3)7-10(11)5-6-16-14/h5-8,18H,9H2,1-4H3,(H,16,17). The lowest BCUT2D eigenvalue weighted by molar-refractivity contribution is 0.0944. The molecule has 0 aliphatic carbocycles. The van der Waals surface area contributed by atoms with E-state index < -0.39 is 5.60 Å². The fourth-order valence-corrected chi connectivity index (χ4v) is 1.94. The Morgan fingerprint density at radius 3 is 2.45 bits per heavy atom. The van der Waals surface area contributed by atoms with Crippen LogP contribution in [0.1, 0.15) is 13.8 Å². The molecule has 0 unspecified atom stereocenters. The van der Waals surface area contributed by atoms with Gasteiger partial charge < -0.3 is 19.9 Å². The largest absolute Gasteiger partial charge is 0.493 e. The highest BCUT2D eigenvalue weighted by atomic mass is 16.5. The average molecular weight is 276 g/mol. The van der Waals surface area contributed by atoms with Crippen LogP contribution in [0.5, 0.6) is 11.5 Å². The van der Waals surface area contributed by atoms with Crippen molar-refractivity contribution in [3.05, 3.63) is 24.4 Å². The minimum absolute atomic E-state index is 0.410. The van der Waals surface area contributed by atoms with Crippen LogP contribution in [-0.4, -0.2) is 36.5 Å². The number of fused-ring (bicyclic) bond motifs is 1. The molecule has 1 heterocycles. The Hall–Kier alpha value is -2.01. The van der Waals surface area contributed by atoms with Gasteiger partial charge in [0.1, 0.15) is 5.82 Å². The molecule has 0 saturated heterocycles. The number of nitrogens with zero attached hydrogens (tertiary/aromatic N) is 1. The zero-order chi connectivity index (χ0) is 14.8. The van der Waals surface area contributed by atoms with E-state index >= 15 is 0 Å². The van der Waals surface area contributed by atoms with Gasteiger partial charge in [-0.05, 0) is 37.4 Å². The zero-order valence-corrected chi connectivity index (χ0v) is 12.2. The molecule has 5 nitrogen and oxygen atoms in total. The van der Waals surface area contributed by atoms with Crippen LogP contribution in [0.3, 0.4) is 0 Å². The van der Waals surface area contributed by atoms with Crippen molar-refractivity contribution >= 4 is 16.6 Å². The summed E-state index contributed by atoms with van der Waals surface area (Å²) in [6, 6.07) is 5.70. The summed E-state index contributed by atoms with van der Waals surface area (Å²) in [6.07, 6.45) is 1.72. The number of anilines is 1. The Morgan fingerprint density at radius 2 is 1.85 bits per heavy atom. The average Bonchev–Trinajstić information content (AvgIpc) is 2.42. The molecule has 0 atom stereocenters. The van der Waals surface area contributed by atoms with Gasteiger partial charge >= 0.3 is 0 Å². The van der Waals surface area contributed by atoms with Gasteiger partial charge in [-0.3, -0.25) is 0 Å². The second-order valence-electron chi connectivity index (χ2n) is 5.25. The maximum Gasteiger partial charge on any atom is 0.161 e. The Labute approximate surface area is 118 Å². The molecule has 2 aromatic rings. The summed E-state index contributed by atoms with van der Waals surface area (Å²) < 4.78 is 10.6. The molecule has 108 valence electrons. The van der Waals surface area contributed by atoms with Crippen LogP contribution >= 0.6 is 0 Å². The van der Waals surface area contributed by atoms with Gasteiger partial charge in [0.25, 0.3) is 0 Å². The molecule has 2 N–H and O–H groups in total. The van der Waals surface area contributed by atoms with Crippen molar-refractivity contribution in [3.63, 3.8) is 0 Å². The van der Waals surface area contributed by atoms with Crippen molar-refractivity contribution < 1.29 is 14.6 Å². The number of hydrogen-bond donors (Lipinski definition) is 2.